The third-order valence-corrected chi connectivity index (χ3v) is 6.39. The predicted molar refractivity (Wildman–Crippen MR) is 111 cm³/mol. The number of nitrogens with zero attached hydrogens (tertiary/aromatic N) is 5. The monoisotopic (exact) mass is 476 g/mol. The number of hydrogen-bond acceptors (Lipinski definition) is 6. The molecular formula is C22H20F4N6O2. The van der Waals surface area contributed by atoms with Crippen LogP contribution in [-0.2, 0) is 11.7 Å². The van der Waals surface area contributed by atoms with Gasteiger partial charge in [0.15, 0.2) is 11.6 Å². The molecule has 0 aliphatic carbocycles. The number of aryl methyl sites for hydroxylation is 1. The van der Waals surface area contributed by atoms with Crippen molar-refractivity contribution in [2.75, 3.05) is 5.32 Å². The summed E-state index contributed by atoms with van der Waals surface area (Å²) in [6, 6.07) is 4.49. The highest BCUT2D eigenvalue weighted by Gasteiger charge is 2.62. The van der Waals surface area contributed by atoms with Gasteiger partial charge in [0.1, 0.15) is 5.54 Å². The van der Waals surface area contributed by atoms with Crippen molar-refractivity contribution in [3.8, 4) is 11.4 Å². The van der Waals surface area contributed by atoms with Crippen molar-refractivity contribution in [1.29, 1.82) is 0 Å². The van der Waals surface area contributed by atoms with Gasteiger partial charge in [0.25, 0.3) is 0 Å². The number of hydrogen-bond donors (Lipinski definition) is 1. The van der Waals surface area contributed by atoms with Crippen LogP contribution in [0, 0.1) is 18.7 Å². The molecule has 0 unspecified atom stereocenters. The number of amides is 2. The number of nitrogens with one attached hydrogen (secondary N) is 1. The zero-order valence-electron chi connectivity index (χ0n) is 18.2. The van der Waals surface area contributed by atoms with Gasteiger partial charge in [0.05, 0.1) is 12.4 Å². The first-order valence-electron chi connectivity index (χ1n) is 10.7. The molecule has 3 aromatic rings. The van der Waals surface area contributed by atoms with Crippen molar-refractivity contribution < 1.29 is 26.8 Å². The van der Waals surface area contributed by atoms with Gasteiger partial charge in [-0.3, -0.25) is 0 Å². The molecule has 2 saturated heterocycles. The lowest BCUT2D eigenvalue weighted by Crippen LogP contribution is -2.70. The average Bonchev–Trinajstić information content (AvgIpc) is 3.26. The fourth-order valence-corrected chi connectivity index (χ4v) is 5.05. The highest BCUT2D eigenvalue weighted by atomic mass is 19.4. The Morgan fingerprint density at radius 2 is 1.94 bits per heavy atom. The first kappa shape index (κ1) is 22.2. The molecule has 0 radical (unpaired) electrons. The number of halogens is 4. The Kier molecular flexibility index (Phi) is 5.06. The van der Waals surface area contributed by atoms with E-state index in [1.54, 1.807) is 18.2 Å². The molecule has 2 amide bonds. The van der Waals surface area contributed by atoms with Crippen molar-refractivity contribution in [1.82, 2.24) is 25.1 Å². The van der Waals surface area contributed by atoms with Crippen LogP contribution in [0.5, 0.6) is 0 Å². The van der Waals surface area contributed by atoms with E-state index < -0.39 is 29.5 Å². The minimum Gasteiger partial charge on any atom is -0.415 e. The number of urea groups is 1. The zero-order valence-corrected chi connectivity index (χ0v) is 18.2. The maximum Gasteiger partial charge on any atom is 0.470 e. The average molecular weight is 476 g/mol. The second-order valence-electron chi connectivity index (χ2n) is 8.90. The Morgan fingerprint density at radius 3 is 2.62 bits per heavy atom. The van der Waals surface area contributed by atoms with Crippen LogP contribution >= 0.6 is 0 Å². The van der Waals surface area contributed by atoms with Gasteiger partial charge >= 0.3 is 18.1 Å². The Balaban J connectivity index is 1.43. The number of benzene rings is 1. The molecule has 1 N–H and O–H groups in total. The summed E-state index contributed by atoms with van der Waals surface area (Å²) >= 11 is 0. The first-order chi connectivity index (χ1) is 16.1. The van der Waals surface area contributed by atoms with Crippen molar-refractivity contribution in [2.45, 2.75) is 50.9 Å². The highest BCUT2D eigenvalue weighted by molar-refractivity contribution is 5.91. The minimum absolute atomic E-state index is 0.157. The highest BCUT2D eigenvalue weighted by Crippen LogP contribution is 2.55. The zero-order chi connectivity index (χ0) is 24.3. The molecule has 8 nitrogen and oxygen atoms in total. The van der Waals surface area contributed by atoms with Gasteiger partial charge in [0.2, 0.25) is 5.89 Å². The predicted octanol–water partition coefficient (Wildman–Crippen LogP) is 4.92. The molecular weight excluding hydrogens is 456 g/mol. The third-order valence-electron chi connectivity index (χ3n) is 6.39. The van der Waals surface area contributed by atoms with Crippen LogP contribution in [0.1, 0.15) is 43.5 Å². The smallest absolute Gasteiger partial charge is 0.415 e. The van der Waals surface area contributed by atoms with Crippen molar-refractivity contribution in [2.24, 2.45) is 5.92 Å². The van der Waals surface area contributed by atoms with Gasteiger partial charge in [-0.15, -0.1) is 10.2 Å². The summed E-state index contributed by atoms with van der Waals surface area (Å²) in [5, 5.41) is 9.63. The first-order valence-corrected chi connectivity index (χ1v) is 10.7. The molecule has 178 valence electrons. The number of fused-ring (bicyclic) bond motifs is 2. The molecule has 12 heteroatoms. The number of piperidine rings is 1. The van der Waals surface area contributed by atoms with Crippen LogP contribution in [0.25, 0.3) is 11.4 Å². The summed E-state index contributed by atoms with van der Waals surface area (Å²) in [5.41, 5.74) is 0.780. The van der Waals surface area contributed by atoms with E-state index >= 15 is 0 Å². The number of carbonyl (C=O) groups is 1. The van der Waals surface area contributed by atoms with Crippen LogP contribution in [0.3, 0.4) is 0 Å². The summed E-state index contributed by atoms with van der Waals surface area (Å²) in [4.78, 5) is 22.8. The topological polar surface area (TPSA) is 97.0 Å². The Morgan fingerprint density at radius 1 is 1.21 bits per heavy atom. The Labute approximate surface area is 191 Å². The molecule has 0 saturated carbocycles. The van der Waals surface area contributed by atoms with E-state index in [0.29, 0.717) is 29.9 Å². The number of carbonyl (C=O) groups excluding carboxylic acids is 1. The molecule has 4 heterocycles. The largest absolute Gasteiger partial charge is 0.470 e. The normalized spacial score (nSPS) is 24.0. The van der Waals surface area contributed by atoms with Crippen molar-refractivity contribution >= 4 is 11.7 Å². The quantitative estimate of drug-likeness (QED) is 0.539. The van der Waals surface area contributed by atoms with Gasteiger partial charge in [-0.05, 0) is 43.4 Å². The molecule has 1 aromatic carbocycles. The fraction of sp³-hybridized carbons (Fsp3) is 0.409. The SMILES string of the molecule is Cc1ccc(NC(=O)N2[C@H]3C[C@H](C)C[C@]2(c2nnc(C(F)(F)F)o2)C3)cc1-c1ncc(F)cn1. The number of aromatic nitrogens is 4. The van der Waals surface area contributed by atoms with Crippen molar-refractivity contribution in [3.63, 3.8) is 0 Å². The molecule has 2 aliphatic heterocycles. The van der Waals surface area contributed by atoms with Gasteiger partial charge in [-0.2, -0.15) is 13.2 Å². The van der Waals surface area contributed by atoms with Gasteiger partial charge in [-0.1, -0.05) is 13.0 Å². The van der Waals surface area contributed by atoms with Crippen LogP contribution < -0.4 is 5.32 Å². The van der Waals surface area contributed by atoms with E-state index in [-0.39, 0.29) is 17.9 Å². The number of rotatable bonds is 3. The summed E-state index contributed by atoms with van der Waals surface area (Å²) < 4.78 is 57.3. The van der Waals surface area contributed by atoms with E-state index in [0.717, 1.165) is 24.4 Å². The molecule has 3 atom stereocenters. The lowest BCUT2D eigenvalue weighted by Gasteiger charge is -2.61. The summed E-state index contributed by atoms with van der Waals surface area (Å²) in [6.07, 6.45) is -1.07. The molecule has 2 aromatic heterocycles. The second-order valence-corrected chi connectivity index (χ2v) is 8.90. The summed E-state index contributed by atoms with van der Waals surface area (Å²) in [6.45, 7) is 3.81. The van der Waals surface area contributed by atoms with E-state index in [1.165, 1.54) is 4.90 Å². The van der Waals surface area contributed by atoms with E-state index in [2.05, 4.69) is 25.5 Å². The fourth-order valence-electron chi connectivity index (χ4n) is 5.05. The van der Waals surface area contributed by atoms with E-state index in [1.807, 2.05) is 13.8 Å². The minimum atomic E-state index is -4.76. The third kappa shape index (κ3) is 3.66. The molecule has 34 heavy (non-hydrogen) atoms. The molecule has 0 spiro atoms. The second kappa shape index (κ2) is 7.74. The van der Waals surface area contributed by atoms with Gasteiger partial charge in [-0.25, -0.2) is 19.2 Å². The van der Waals surface area contributed by atoms with Gasteiger partial charge in [0, 0.05) is 23.7 Å². The van der Waals surface area contributed by atoms with E-state index in [4.69, 9.17) is 4.42 Å². The Hall–Kier alpha value is -3.57. The van der Waals surface area contributed by atoms with Crippen LogP contribution in [0.15, 0.2) is 35.0 Å². The van der Waals surface area contributed by atoms with Gasteiger partial charge < -0.3 is 14.6 Å². The number of alkyl halides is 3. The standard InChI is InChI=1S/C22H20F4N6O2/c1-11-5-15-8-21(7-11,18-30-31-19(34-18)22(24,25)26)32(15)20(33)29-14-4-3-12(2)16(6-14)17-27-9-13(23)10-28-17/h3-4,6,9-11,15H,5,7-8H2,1-2H3,(H,29,33)/t11-,15-,21+/m0/s1. The molecule has 2 bridgehead atoms. The maximum atomic E-state index is 13.3. The summed E-state index contributed by atoms with van der Waals surface area (Å²) in [7, 11) is 0. The van der Waals surface area contributed by atoms with E-state index in [9.17, 15) is 22.4 Å². The van der Waals surface area contributed by atoms with Crippen LogP contribution in [0.2, 0.25) is 0 Å². The summed E-state index contributed by atoms with van der Waals surface area (Å²) in [5.74, 6) is -1.73. The Bertz CT molecular complexity index is 1240. The number of anilines is 1. The van der Waals surface area contributed by atoms with Crippen LogP contribution in [-0.4, -0.2) is 37.1 Å². The lowest BCUT2D eigenvalue weighted by atomic mass is 9.64. The maximum absolute atomic E-state index is 13.3. The molecule has 2 fully saturated rings. The molecule has 5 rings (SSSR count). The lowest BCUT2D eigenvalue weighted by molar-refractivity contribution is -0.161. The van der Waals surface area contributed by atoms with Crippen LogP contribution in [0.4, 0.5) is 28.0 Å². The van der Waals surface area contributed by atoms with Crippen molar-refractivity contribution in [3.05, 3.63) is 53.8 Å². The molecule has 2 aliphatic rings.